The fraction of sp³-hybridized carbons (Fsp3) is 0.167. The molecule has 0 fully saturated rings. The first-order chi connectivity index (χ1) is 11.9. The van der Waals surface area contributed by atoms with Gasteiger partial charge in [-0.05, 0) is 48.9 Å². The second kappa shape index (κ2) is 7.96. The number of anilines is 2. The quantitative estimate of drug-likeness (QED) is 0.548. The van der Waals surface area contributed by atoms with E-state index in [1.807, 2.05) is 6.92 Å². The van der Waals surface area contributed by atoms with Gasteiger partial charge in [0.25, 0.3) is 5.91 Å². The molecular weight excluding hydrogens is 324 g/mol. The lowest BCUT2D eigenvalue weighted by Crippen LogP contribution is -2.15. The van der Waals surface area contributed by atoms with Crippen molar-refractivity contribution < 1.29 is 24.2 Å². The minimum Gasteiger partial charge on any atom is -0.478 e. The number of ether oxygens (including phenoxy) is 1. The number of nitrogens with one attached hydrogen (secondary N) is 1. The molecule has 0 aromatic heterocycles. The third-order valence-electron chi connectivity index (χ3n) is 3.34. The first kappa shape index (κ1) is 18.0. The van der Waals surface area contributed by atoms with Gasteiger partial charge in [0.1, 0.15) is 0 Å². The van der Waals surface area contributed by atoms with Gasteiger partial charge in [0.2, 0.25) is 0 Å². The lowest BCUT2D eigenvalue weighted by Gasteiger charge is -2.10. The van der Waals surface area contributed by atoms with Crippen molar-refractivity contribution in [2.24, 2.45) is 0 Å². The number of rotatable bonds is 6. The van der Waals surface area contributed by atoms with E-state index in [1.165, 1.54) is 42.5 Å². The molecule has 2 aromatic rings. The summed E-state index contributed by atoms with van der Waals surface area (Å²) < 4.78 is 5.01. The van der Waals surface area contributed by atoms with Crippen LogP contribution in [0.15, 0.2) is 42.5 Å². The molecule has 0 atom stereocenters. The maximum atomic E-state index is 12.3. The van der Waals surface area contributed by atoms with Crippen LogP contribution in [0.2, 0.25) is 0 Å². The van der Waals surface area contributed by atoms with Crippen LogP contribution in [-0.4, -0.2) is 29.6 Å². The SMILES string of the molecule is CCCOC(=O)c1ccc(C(=O)Nc2cc(N)ccc2C(=O)O)cc1. The topological polar surface area (TPSA) is 119 Å². The molecule has 7 heteroatoms. The second-order valence-corrected chi connectivity index (χ2v) is 5.28. The van der Waals surface area contributed by atoms with Crippen molar-refractivity contribution in [3.63, 3.8) is 0 Å². The Kier molecular flexibility index (Phi) is 5.73. The van der Waals surface area contributed by atoms with Gasteiger partial charge in [0.05, 0.1) is 23.4 Å². The van der Waals surface area contributed by atoms with Crippen molar-refractivity contribution in [2.45, 2.75) is 13.3 Å². The highest BCUT2D eigenvalue weighted by Crippen LogP contribution is 2.20. The molecule has 1 amide bonds. The molecule has 0 heterocycles. The van der Waals surface area contributed by atoms with Gasteiger partial charge < -0.3 is 20.9 Å². The molecule has 2 aromatic carbocycles. The lowest BCUT2D eigenvalue weighted by atomic mass is 10.1. The van der Waals surface area contributed by atoms with Gasteiger partial charge in [-0.3, -0.25) is 4.79 Å². The van der Waals surface area contributed by atoms with Gasteiger partial charge in [-0.25, -0.2) is 9.59 Å². The molecule has 7 nitrogen and oxygen atoms in total. The van der Waals surface area contributed by atoms with Gasteiger partial charge in [-0.2, -0.15) is 0 Å². The average Bonchev–Trinajstić information content (AvgIpc) is 2.59. The molecule has 0 aliphatic rings. The van der Waals surface area contributed by atoms with E-state index in [2.05, 4.69) is 5.32 Å². The minimum atomic E-state index is -1.18. The third-order valence-corrected chi connectivity index (χ3v) is 3.34. The highest BCUT2D eigenvalue weighted by atomic mass is 16.5. The van der Waals surface area contributed by atoms with Crippen molar-refractivity contribution in [2.75, 3.05) is 17.7 Å². The Morgan fingerprint density at radius 1 is 1.08 bits per heavy atom. The van der Waals surface area contributed by atoms with E-state index >= 15 is 0 Å². The number of benzene rings is 2. The Labute approximate surface area is 144 Å². The van der Waals surface area contributed by atoms with Crippen molar-refractivity contribution in [1.29, 1.82) is 0 Å². The maximum Gasteiger partial charge on any atom is 0.338 e. The summed E-state index contributed by atoms with van der Waals surface area (Å²) in [6, 6.07) is 10.0. The van der Waals surface area contributed by atoms with Crippen LogP contribution in [0.1, 0.15) is 44.4 Å². The van der Waals surface area contributed by atoms with E-state index < -0.39 is 17.8 Å². The summed E-state index contributed by atoms with van der Waals surface area (Å²) in [5, 5.41) is 11.7. The van der Waals surface area contributed by atoms with E-state index in [1.54, 1.807) is 0 Å². The Morgan fingerprint density at radius 2 is 1.72 bits per heavy atom. The fourth-order valence-electron chi connectivity index (χ4n) is 2.08. The van der Waals surface area contributed by atoms with Crippen LogP contribution in [0, 0.1) is 0 Å². The van der Waals surface area contributed by atoms with Crippen molar-refractivity contribution in [3.8, 4) is 0 Å². The molecule has 0 saturated heterocycles. The normalized spacial score (nSPS) is 10.1. The first-order valence-corrected chi connectivity index (χ1v) is 7.63. The largest absolute Gasteiger partial charge is 0.478 e. The van der Waals surface area contributed by atoms with Crippen LogP contribution in [0.3, 0.4) is 0 Å². The summed E-state index contributed by atoms with van der Waals surface area (Å²) in [7, 11) is 0. The molecule has 25 heavy (non-hydrogen) atoms. The van der Waals surface area contributed by atoms with Crippen LogP contribution in [0.25, 0.3) is 0 Å². The molecular formula is C18H18N2O5. The molecule has 0 spiro atoms. The standard InChI is InChI=1S/C18H18N2O5/c1-2-9-25-18(24)12-5-3-11(4-6-12)16(21)20-15-10-13(19)7-8-14(15)17(22)23/h3-8,10H,2,9,19H2,1H3,(H,20,21)(H,22,23). The van der Waals surface area contributed by atoms with Crippen molar-refractivity contribution in [3.05, 3.63) is 59.2 Å². The molecule has 130 valence electrons. The molecule has 0 bridgehead atoms. The number of aromatic carboxylic acids is 1. The van der Waals surface area contributed by atoms with Gasteiger partial charge in [0.15, 0.2) is 0 Å². The summed E-state index contributed by atoms with van der Waals surface area (Å²) in [5.74, 6) is -2.15. The van der Waals surface area contributed by atoms with Crippen molar-refractivity contribution in [1.82, 2.24) is 0 Å². The van der Waals surface area contributed by atoms with Crippen LogP contribution >= 0.6 is 0 Å². The highest BCUT2D eigenvalue weighted by Gasteiger charge is 2.15. The summed E-state index contributed by atoms with van der Waals surface area (Å²) >= 11 is 0. The van der Waals surface area contributed by atoms with Crippen LogP contribution in [0.4, 0.5) is 11.4 Å². The molecule has 4 N–H and O–H groups in total. The number of nitrogen functional groups attached to an aromatic ring is 1. The zero-order chi connectivity index (χ0) is 18.4. The van der Waals surface area contributed by atoms with E-state index in [9.17, 15) is 14.4 Å². The summed E-state index contributed by atoms with van der Waals surface area (Å²) in [6.07, 6.45) is 0.721. The average molecular weight is 342 g/mol. The number of carboxylic acid groups (broad SMARTS) is 1. The Balaban J connectivity index is 2.15. The molecule has 0 aliphatic carbocycles. The first-order valence-electron chi connectivity index (χ1n) is 7.63. The summed E-state index contributed by atoms with van der Waals surface area (Å²) in [4.78, 5) is 35.2. The van der Waals surface area contributed by atoms with E-state index in [0.717, 1.165) is 6.42 Å². The molecule has 0 radical (unpaired) electrons. The predicted molar refractivity (Wildman–Crippen MR) is 92.8 cm³/mol. The zero-order valence-electron chi connectivity index (χ0n) is 13.6. The number of hydrogen-bond acceptors (Lipinski definition) is 5. The van der Waals surface area contributed by atoms with Crippen LogP contribution in [-0.2, 0) is 4.74 Å². The van der Waals surface area contributed by atoms with E-state index in [4.69, 9.17) is 15.6 Å². The third kappa shape index (κ3) is 4.57. The molecule has 0 unspecified atom stereocenters. The van der Waals surface area contributed by atoms with Gasteiger partial charge in [-0.15, -0.1) is 0 Å². The van der Waals surface area contributed by atoms with Crippen LogP contribution < -0.4 is 11.1 Å². The van der Waals surface area contributed by atoms with E-state index in [-0.39, 0.29) is 16.8 Å². The lowest BCUT2D eigenvalue weighted by molar-refractivity contribution is 0.0504. The minimum absolute atomic E-state index is 0.0673. The number of esters is 1. The Bertz CT molecular complexity index is 800. The molecule has 0 aliphatic heterocycles. The summed E-state index contributed by atoms with van der Waals surface area (Å²) in [6.45, 7) is 2.22. The Morgan fingerprint density at radius 3 is 2.32 bits per heavy atom. The molecule has 2 rings (SSSR count). The highest BCUT2D eigenvalue weighted by molar-refractivity contribution is 6.08. The fourth-order valence-corrected chi connectivity index (χ4v) is 2.08. The van der Waals surface area contributed by atoms with Gasteiger partial charge in [0, 0.05) is 11.3 Å². The summed E-state index contributed by atoms with van der Waals surface area (Å²) in [5.41, 5.74) is 6.60. The number of nitrogens with two attached hydrogens (primary N) is 1. The van der Waals surface area contributed by atoms with Gasteiger partial charge >= 0.3 is 11.9 Å². The second-order valence-electron chi connectivity index (χ2n) is 5.28. The predicted octanol–water partition coefficient (Wildman–Crippen LogP) is 2.79. The Hall–Kier alpha value is -3.35. The van der Waals surface area contributed by atoms with E-state index in [0.29, 0.717) is 17.9 Å². The van der Waals surface area contributed by atoms with Gasteiger partial charge in [-0.1, -0.05) is 6.92 Å². The monoisotopic (exact) mass is 342 g/mol. The number of hydrogen-bond donors (Lipinski definition) is 3. The van der Waals surface area contributed by atoms with Crippen molar-refractivity contribution >= 4 is 29.2 Å². The number of amides is 1. The number of carbonyl (C=O) groups is 3. The molecule has 0 saturated carbocycles. The maximum absolute atomic E-state index is 12.3. The smallest absolute Gasteiger partial charge is 0.338 e. The number of carbonyl (C=O) groups excluding carboxylic acids is 2. The number of carboxylic acids is 1. The van der Waals surface area contributed by atoms with Crippen LogP contribution in [0.5, 0.6) is 0 Å². The zero-order valence-corrected chi connectivity index (χ0v) is 13.6.